The summed E-state index contributed by atoms with van der Waals surface area (Å²) < 4.78 is 32.2. The Hall–Kier alpha value is -2.38. The largest absolute Gasteiger partial charge is 0.468 e. The topological polar surface area (TPSA) is 88.4 Å². The lowest BCUT2D eigenvalue weighted by Crippen LogP contribution is -2.26. The minimum Gasteiger partial charge on any atom is -0.468 e. The van der Waals surface area contributed by atoms with Crippen LogP contribution >= 0.6 is 0 Å². The van der Waals surface area contributed by atoms with Gasteiger partial charge in [0.25, 0.3) is 0 Å². The summed E-state index contributed by atoms with van der Waals surface area (Å²) in [5.41, 5.74) is 0.760. The smallest absolute Gasteiger partial charge is 0.244 e. The van der Waals surface area contributed by atoms with Crippen LogP contribution in [0, 0.1) is 5.92 Å². The highest BCUT2D eigenvalue weighted by atomic mass is 32.2. The van der Waals surface area contributed by atoms with Crippen LogP contribution in [0.3, 0.4) is 0 Å². The van der Waals surface area contributed by atoms with Crippen LogP contribution in [0.5, 0.6) is 0 Å². The van der Waals surface area contributed by atoms with Gasteiger partial charge in [0.05, 0.1) is 17.7 Å². The fraction of sp³-hybridized carbons (Fsp3) is 0.350. The summed E-state index contributed by atoms with van der Waals surface area (Å²) in [5, 5.41) is 2.92. The number of amides is 1. The van der Waals surface area contributed by atoms with Crippen molar-refractivity contribution < 1.29 is 17.6 Å². The van der Waals surface area contributed by atoms with E-state index in [1.807, 2.05) is 0 Å². The summed E-state index contributed by atoms with van der Waals surface area (Å²) in [7, 11) is -3.62. The van der Waals surface area contributed by atoms with Gasteiger partial charge in [0.1, 0.15) is 5.76 Å². The van der Waals surface area contributed by atoms with Crippen LogP contribution in [-0.2, 0) is 21.4 Å². The van der Waals surface area contributed by atoms with Crippen LogP contribution in [0.1, 0.15) is 37.0 Å². The number of rotatable bonds is 8. The molecule has 6 nitrogen and oxygen atoms in total. The molecule has 2 aromatic rings. The highest BCUT2D eigenvalue weighted by Crippen LogP contribution is 2.23. The molecule has 0 spiro atoms. The zero-order valence-corrected chi connectivity index (χ0v) is 15.9. The van der Waals surface area contributed by atoms with E-state index in [9.17, 15) is 13.2 Å². The van der Waals surface area contributed by atoms with Gasteiger partial charge in [-0.2, -0.15) is 0 Å². The first-order valence-electron chi connectivity index (χ1n) is 9.11. The average Bonchev–Trinajstić information content (AvgIpc) is 3.37. The van der Waals surface area contributed by atoms with Gasteiger partial charge >= 0.3 is 0 Å². The van der Waals surface area contributed by atoms with Crippen molar-refractivity contribution in [1.29, 1.82) is 0 Å². The molecule has 1 aromatic carbocycles. The summed E-state index contributed by atoms with van der Waals surface area (Å²) in [4.78, 5) is 12.0. The van der Waals surface area contributed by atoms with E-state index in [2.05, 4.69) is 10.0 Å². The van der Waals surface area contributed by atoms with Gasteiger partial charge in [-0.1, -0.05) is 25.0 Å². The zero-order chi connectivity index (χ0) is 19.1. The molecule has 1 aromatic heterocycles. The molecule has 144 valence electrons. The van der Waals surface area contributed by atoms with Crippen molar-refractivity contribution in [2.24, 2.45) is 5.92 Å². The first kappa shape index (κ1) is 19.4. The Kier molecular flexibility index (Phi) is 6.47. The number of carbonyl (C=O) groups excluding carboxylic acids is 1. The van der Waals surface area contributed by atoms with Gasteiger partial charge in [0.2, 0.25) is 15.9 Å². The third-order valence-electron chi connectivity index (χ3n) is 4.67. The predicted octanol–water partition coefficient (Wildman–Crippen LogP) is 3.08. The summed E-state index contributed by atoms with van der Waals surface area (Å²) >= 11 is 0. The molecule has 0 atom stereocenters. The fourth-order valence-corrected chi connectivity index (χ4v) is 4.10. The monoisotopic (exact) mass is 388 g/mol. The molecular formula is C20H24N2O4S. The number of hydrogen-bond acceptors (Lipinski definition) is 4. The number of furan rings is 1. The second-order valence-corrected chi connectivity index (χ2v) is 8.47. The molecule has 0 saturated heterocycles. The van der Waals surface area contributed by atoms with Crippen molar-refractivity contribution in [3.63, 3.8) is 0 Å². The van der Waals surface area contributed by atoms with Crippen molar-refractivity contribution in [3.05, 3.63) is 60.1 Å². The van der Waals surface area contributed by atoms with Crippen molar-refractivity contribution in [3.8, 4) is 0 Å². The molecule has 1 fully saturated rings. The van der Waals surface area contributed by atoms with Crippen molar-refractivity contribution >= 4 is 22.0 Å². The molecular weight excluding hydrogens is 364 g/mol. The summed E-state index contributed by atoms with van der Waals surface area (Å²) in [5.74, 6) is 1.01. The van der Waals surface area contributed by atoms with E-state index in [0.717, 1.165) is 12.1 Å². The maximum Gasteiger partial charge on any atom is 0.244 e. The van der Waals surface area contributed by atoms with Gasteiger partial charge in [0.15, 0.2) is 0 Å². The minimum absolute atomic E-state index is 0.0954. The summed E-state index contributed by atoms with van der Waals surface area (Å²) in [6.07, 6.45) is 9.53. The van der Waals surface area contributed by atoms with E-state index < -0.39 is 10.0 Å². The van der Waals surface area contributed by atoms with Crippen molar-refractivity contribution in [2.45, 2.75) is 37.1 Å². The Morgan fingerprint density at radius 2 is 1.89 bits per heavy atom. The van der Waals surface area contributed by atoms with E-state index in [4.69, 9.17) is 4.42 Å². The highest BCUT2D eigenvalue weighted by Gasteiger charge is 2.15. The first-order chi connectivity index (χ1) is 13.0. The number of nitrogens with one attached hydrogen (secondary N) is 2. The number of benzene rings is 1. The second-order valence-electron chi connectivity index (χ2n) is 6.70. The minimum atomic E-state index is -3.62. The molecule has 1 saturated carbocycles. The molecule has 2 N–H and O–H groups in total. The lowest BCUT2D eigenvalue weighted by molar-refractivity contribution is -0.116. The van der Waals surface area contributed by atoms with Crippen LogP contribution in [0.15, 0.2) is 58.1 Å². The number of sulfonamides is 1. The third kappa shape index (κ3) is 5.80. The Labute approximate surface area is 159 Å². The molecule has 27 heavy (non-hydrogen) atoms. The van der Waals surface area contributed by atoms with E-state index in [0.29, 0.717) is 11.7 Å². The van der Waals surface area contributed by atoms with Crippen molar-refractivity contribution in [2.75, 3.05) is 6.54 Å². The van der Waals surface area contributed by atoms with Gasteiger partial charge in [-0.25, -0.2) is 13.1 Å². The maximum atomic E-state index is 12.3. The average molecular weight is 388 g/mol. The quantitative estimate of drug-likeness (QED) is 0.680. The predicted molar refractivity (Wildman–Crippen MR) is 103 cm³/mol. The van der Waals surface area contributed by atoms with Crippen molar-refractivity contribution in [1.82, 2.24) is 10.0 Å². The molecule has 0 radical (unpaired) electrons. The highest BCUT2D eigenvalue weighted by molar-refractivity contribution is 7.89. The van der Waals surface area contributed by atoms with Gasteiger partial charge in [-0.05, 0) is 54.7 Å². The van der Waals surface area contributed by atoms with E-state index in [1.54, 1.807) is 30.3 Å². The van der Waals surface area contributed by atoms with Crippen LogP contribution in [-0.4, -0.2) is 20.9 Å². The molecule has 3 rings (SSSR count). The summed E-state index contributed by atoms with van der Waals surface area (Å²) in [6.45, 7) is 0.819. The van der Waals surface area contributed by atoms with Gasteiger partial charge in [-0.15, -0.1) is 0 Å². The Morgan fingerprint density at radius 1 is 1.15 bits per heavy atom. The Morgan fingerprint density at radius 3 is 2.56 bits per heavy atom. The molecule has 1 heterocycles. The number of carbonyl (C=O) groups is 1. The van der Waals surface area contributed by atoms with Crippen LogP contribution in [0.2, 0.25) is 0 Å². The second kappa shape index (κ2) is 9.01. The van der Waals surface area contributed by atoms with Crippen LogP contribution < -0.4 is 10.0 Å². The molecule has 1 amide bonds. The molecule has 7 heteroatoms. The summed E-state index contributed by atoms with van der Waals surface area (Å²) in [6, 6.07) is 9.77. The van der Waals surface area contributed by atoms with E-state index in [-0.39, 0.29) is 17.3 Å². The molecule has 1 aliphatic carbocycles. The van der Waals surface area contributed by atoms with Gasteiger partial charge in [-0.3, -0.25) is 4.79 Å². The zero-order valence-electron chi connectivity index (χ0n) is 15.1. The van der Waals surface area contributed by atoms with Gasteiger partial charge < -0.3 is 9.73 Å². The molecule has 0 aliphatic heterocycles. The third-order valence-corrected chi connectivity index (χ3v) is 6.09. The normalized spacial score (nSPS) is 15.4. The standard InChI is InChI=1S/C20H24N2O4S/c23-20(21-14-17-4-1-2-5-17)12-9-16-7-10-19(11-8-16)27(24,25)22-15-18-6-3-13-26-18/h3,6-13,17,22H,1-2,4-5,14-15H2,(H,21,23)/b12-9+. The molecule has 0 unspecified atom stereocenters. The SMILES string of the molecule is O=C(/C=C/c1ccc(S(=O)(=O)NCc2ccco2)cc1)NCC1CCCC1. The van der Waals surface area contributed by atoms with Crippen LogP contribution in [0.25, 0.3) is 6.08 Å². The first-order valence-corrected chi connectivity index (χ1v) is 10.6. The number of hydrogen-bond donors (Lipinski definition) is 2. The maximum absolute atomic E-state index is 12.3. The van der Waals surface area contributed by atoms with E-state index in [1.165, 1.54) is 50.2 Å². The Bertz CT molecular complexity index is 865. The lowest BCUT2D eigenvalue weighted by Gasteiger charge is -2.08. The molecule has 1 aliphatic rings. The fourth-order valence-electron chi connectivity index (χ4n) is 3.11. The van der Waals surface area contributed by atoms with Crippen LogP contribution in [0.4, 0.5) is 0 Å². The lowest BCUT2D eigenvalue weighted by atomic mass is 10.1. The van der Waals surface area contributed by atoms with Gasteiger partial charge in [0, 0.05) is 12.6 Å². The molecule has 0 bridgehead atoms. The Balaban J connectivity index is 1.52. The van der Waals surface area contributed by atoms with E-state index >= 15 is 0 Å².